The van der Waals surface area contributed by atoms with Gasteiger partial charge < -0.3 is 0 Å². The molecule has 5 heteroatoms. The lowest BCUT2D eigenvalue weighted by Gasteiger charge is -2.13. The van der Waals surface area contributed by atoms with Gasteiger partial charge in [-0.2, -0.15) is 5.26 Å². The quantitative estimate of drug-likeness (QED) is 0.311. The van der Waals surface area contributed by atoms with E-state index in [1.54, 1.807) is 6.20 Å². The Morgan fingerprint density at radius 3 is 2.38 bits per heavy atom. The van der Waals surface area contributed by atoms with Crippen LogP contribution in [0.4, 0.5) is 0 Å². The van der Waals surface area contributed by atoms with E-state index in [1.165, 1.54) is 0 Å². The molecule has 1 aromatic heterocycles. The number of halogens is 1. The molecule has 0 saturated carbocycles. The van der Waals surface area contributed by atoms with Crippen LogP contribution in [0.2, 0.25) is 5.02 Å². The van der Waals surface area contributed by atoms with Gasteiger partial charge in [-0.1, -0.05) is 89.6 Å². The number of aromatic nitrogens is 3. The number of benzene rings is 4. The third-order valence-corrected chi connectivity index (χ3v) is 5.65. The molecule has 0 aliphatic heterocycles. The highest BCUT2D eigenvalue weighted by molar-refractivity contribution is 6.30. The van der Waals surface area contributed by atoms with Gasteiger partial charge >= 0.3 is 0 Å². The van der Waals surface area contributed by atoms with Crippen molar-refractivity contribution in [3.05, 3.63) is 107 Å². The summed E-state index contributed by atoms with van der Waals surface area (Å²) in [5.41, 5.74) is 6.10. The average molecular weight is 433 g/mol. The number of aromatic amines is 1. The molecule has 152 valence electrons. The maximum absolute atomic E-state index is 9.93. The summed E-state index contributed by atoms with van der Waals surface area (Å²) in [6, 6.07) is 28.2. The van der Waals surface area contributed by atoms with Crippen molar-refractivity contribution in [1.29, 1.82) is 5.26 Å². The average Bonchev–Trinajstić information content (AvgIpc) is 3.37. The first-order chi connectivity index (χ1) is 15.7. The molecule has 0 atom stereocenters. The number of fused-ring (bicyclic) bond motifs is 1. The minimum absolute atomic E-state index is 0.600. The van der Waals surface area contributed by atoms with Gasteiger partial charge in [0.05, 0.1) is 17.8 Å². The maximum atomic E-state index is 9.93. The van der Waals surface area contributed by atoms with E-state index in [0.717, 1.165) is 44.3 Å². The normalized spacial score (nSPS) is 11.1. The molecule has 0 amide bonds. The second kappa shape index (κ2) is 8.50. The molecule has 32 heavy (non-hydrogen) atoms. The molecule has 0 unspecified atom stereocenters. The Morgan fingerprint density at radius 1 is 0.844 bits per heavy atom. The lowest BCUT2D eigenvalue weighted by molar-refractivity contribution is 0.942. The summed E-state index contributed by atoms with van der Waals surface area (Å²) in [5, 5.41) is 23.8. The highest BCUT2D eigenvalue weighted by Crippen LogP contribution is 2.38. The summed E-state index contributed by atoms with van der Waals surface area (Å²) in [6.07, 6.45) is 5.77. The molecule has 0 aliphatic carbocycles. The van der Waals surface area contributed by atoms with Gasteiger partial charge in [-0.15, -0.1) is 5.10 Å². The monoisotopic (exact) mass is 432 g/mol. The van der Waals surface area contributed by atoms with Crippen LogP contribution in [-0.4, -0.2) is 15.4 Å². The van der Waals surface area contributed by atoms with E-state index >= 15 is 0 Å². The van der Waals surface area contributed by atoms with Crippen molar-refractivity contribution in [2.75, 3.05) is 0 Å². The van der Waals surface area contributed by atoms with Crippen LogP contribution in [0.25, 0.3) is 45.3 Å². The van der Waals surface area contributed by atoms with E-state index in [-0.39, 0.29) is 0 Å². The second-order valence-corrected chi connectivity index (χ2v) is 7.81. The first kappa shape index (κ1) is 19.7. The van der Waals surface area contributed by atoms with Crippen LogP contribution in [0.5, 0.6) is 0 Å². The van der Waals surface area contributed by atoms with Gasteiger partial charge in [-0.3, -0.25) is 5.10 Å². The minimum atomic E-state index is 0.600. The Balaban J connectivity index is 1.62. The zero-order valence-corrected chi connectivity index (χ0v) is 17.7. The number of hydrogen-bond donors (Lipinski definition) is 1. The van der Waals surface area contributed by atoms with Crippen molar-refractivity contribution in [2.45, 2.75) is 0 Å². The Kier molecular flexibility index (Phi) is 5.25. The van der Waals surface area contributed by atoms with Gasteiger partial charge in [0.25, 0.3) is 0 Å². The molecule has 0 fully saturated rings. The predicted octanol–water partition coefficient (Wildman–Crippen LogP) is 6.99. The molecule has 5 rings (SSSR count). The van der Waals surface area contributed by atoms with Crippen molar-refractivity contribution in [2.24, 2.45) is 0 Å². The largest absolute Gasteiger partial charge is 0.265 e. The van der Waals surface area contributed by atoms with E-state index in [9.17, 15) is 5.26 Å². The fourth-order valence-electron chi connectivity index (χ4n) is 3.85. The smallest absolute Gasteiger partial charge is 0.114 e. The number of hydrogen-bond acceptors (Lipinski definition) is 3. The molecule has 0 radical (unpaired) electrons. The third kappa shape index (κ3) is 3.78. The molecule has 0 aliphatic rings. The highest BCUT2D eigenvalue weighted by atomic mass is 35.5. The summed E-state index contributed by atoms with van der Waals surface area (Å²) < 4.78 is 0. The molecule has 0 saturated heterocycles. The number of nitrogens with zero attached hydrogens (tertiary/aromatic N) is 3. The van der Waals surface area contributed by atoms with Crippen LogP contribution in [0.3, 0.4) is 0 Å². The standard InChI is InChI=1S/C27H17ClN4/c28-22-11-7-18(8-12-22)5-6-19-9-13-23(21(15-19)16-29)25-14-10-20-3-1-2-4-24(20)27(25)26-17-30-32-31-26/h1-15,17H,(H,30,31,32). The van der Waals surface area contributed by atoms with Gasteiger partial charge in [0.1, 0.15) is 5.69 Å². The first-order valence-corrected chi connectivity index (χ1v) is 10.5. The molecule has 0 spiro atoms. The maximum Gasteiger partial charge on any atom is 0.114 e. The van der Waals surface area contributed by atoms with Crippen molar-refractivity contribution in [3.8, 4) is 28.5 Å². The number of nitriles is 1. The summed E-state index contributed by atoms with van der Waals surface area (Å²) in [5.74, 6) is 0. The summed E-state index contributed by atoms with van der Waals surface area (Å²) in [4.78, 5) is 0. The lowest BCUT2D eigenvalue weighted by Crippen LogP contribution is -1.92. The molecular weight excluding hydrogens is 416 g/mol. The number of rotatable bonds is 4. The number of H-pyrrole nitrogens is 1. The van der Waals surface area contributed by atoms with Crippen molar-refractivity contribution in [1.82, 2.24) is 15.4 Å². The fraction of sp³-hybridized carbons (Fsp3) is 0. The van der Waals surface area contributed by atoms with Gasteiger partial charge in [-0.25, -0.2) is 0 Å². The van der Waals surface area contributed by atoms with Gasteiger partial charge in [0.2, 0.25) is 0 Å². The molecule has 4 aromatic carbocycles. The molecule has 1 N–H and O–H groups in total. The molecule has 0 bridgehead atoms. The van der Waals surface area contributed by atoms with Gasteiger partial charge in [0, 0.05) is 16.1 Å². The fourth-order valence-corrected chi connectivity index (χ4v) is 3.98. The van der Waals surface area contributed by atoms with Crippen molar-refractivity contribution < 1.29 is 0 Å². The lowest BCUT2D eigenvalue weighted by atomic mass is 9.89. The van der Waals surface area contributed by atoms with Gasteiger partial charge in [0.15, 0.2) is 0 Å². The van der Waals surface area contributed by atoms with E-state index in [2.05, 4.69) is 39.7 Å². The van der Waals surface area contributed by atoms with E-state index < -0.39 is 0 Å². The zero-order chi connectivity index (χ0) is 21.9. The van der Waals surface area contributed by atoms with Crippen LogP contribution < -0.4 is 0 Å². The Labute approximate surface area is 190 Å². The van der Waals surface area contributed by atoms with E-state index in [4.69, 9.17) is 11.6 Å². The van der Waals surface area contributed by atoms with Crippen LogP contribution in [0.1, 0.15) is 16.7 Å². The van der Waals surface area contributed by atoms with Crippen LogP contribution in [-0.2, 0) is 0 Å². The molecule has 4 nitrogen and oxygen atoms in total. The minimum Gasteiger partial charge on any atom is -0.265 e. The zero-order valence-electron chi connectivity index (χ0n) is 17.0. The van der Waals surface area contributed by atoms with Crippen LogP contribution in [0, 0.1) is 11.3 Å². The SMILES string of the molecule is N#Cc1cc(C=Cc2ccc(Cl)cc2)ccc1-c1ccc2ccccc2c1-c1c[nH]nn1. The molecule has 1 heterocycles. The summed E-state index contributed by atoms with van der Waals surface area (Å²) in [7, 11) is 0. The van der Waals surface area contributed by atoms with E-state index in [0.29, 0.717) is 10.6 Å². The summed E-state index contributed by atoms with van der Waals surface area (Å²) >= 11 is 5.96. The molecule has 5 aromatic rings. The van der Waals surface area contributed by atoms with Crippen LogP contribution in [0.15, 0.2) is 85.1 Å². The Bertz CT molecular complexity index is 1480. The molecular formula is C27H17ClN4. The highest BCUT2D eigenvalue weighted by Gasteiger charge is 2.16. The Morgan fingerprint density at radius 2 is 1.59 bits per heavy atom. The predicted molar refractivity (Wildman–Crippen MR) is 130 cm³/mol. The van der Waals surface area contributed by atoms with E-state index in [1.807, 2.05) is 72.8 Å². The van der Waals surface area contributed by atoms with Crippen molar-refractivity contribution >= 4 is 34.5 Å². The van der Waals surface area contributed by atoms with Crippen molar-refractivity contribution in [3.63, 3.8) is 0 Å². The van der Waals surface area contributed by atoms with Gasteiger partial charge in [-0.05, 0) is 45.7 Å². The third-order valence-electron chi connectivity index (χ3n) is 5.39. The first-order valence-electron chi connectivity index (χ1n) is 10.1. The number of nitrogens with one attached hydrogen (secondary N) is 1. The Hall–Kier alpha value is -4.20. The topological polar surface area (TPSA) is 65.4 Å². The second-order valence-electron chi connectivity index (χ2n) is 7.37. The summed E-state index contributed by atoms with van der Waals surface area (Å²) in [6.45, 7) is 0. The van der Waals surface area contributed by atoms with Crippen LogP contribution >= 0.6 is 11.6 Å².